The van der Waals surface area contributed by atoms with Crippen molar-refractivity contribution < 1.29 is 4.52 Å². The van der Waals surface area contributed by atoms with Crippen LogP contribution < -0.4 is 10.6 Å². The number of benzene rings is 1. The first kappa shape index (κ1) is 17.7. The minimum atomic E-state index is 0.561. The average molecular weight is 352 g/mol. The van der Waals surface area contributed by atoms with Gasteiger partial charge in [-0.1, -0.05) is 24.2 Å². The minimum absolute atomic E-state index is 0.561. The molecule has 0 amide bonds. The Balaban J connectivity index is 1.44. The van der Waals surface area contributed by atoms with Crippen molar-refractivity contribution in [1.82, 2.24) is 25.6 Å². The minimum Gasteiger partial charge on any atom is -0.359 e. The number of aryl methyl sites for hydroxylation is 1. The van der Waals surface area contributed by atoms with Crippen LogP contribution in [0.1, 0.15) is 23.9 Å². The van der Waals surface area contributed by atoms with Crippen LogP contribution in [0, 0.1) is 0 Å². The maximum Gasteiger partial charge on any atom is 0.191 e. The maximum absolute atomic E-state index is 5.26. The summed E-state index contributed by atoms with van der Waals surface area (Å²) < 4.78 is 7.11. The number of nitrogens with one attached hydrogen (secondary N) is 2. The number of nitrogens with zero attached hydrogens (tertiary/aromatic N) is 4. The zero-order valence-corrected chi connectivity index (χ0v) is 15.1. The van der Waals surface area contributed by atoms with Gasteiger partial charge in [-0.25, -0.2) is 4.68 Å². The van der Waals surface area contributed by atoms with Crippen LogP contribution in [0.4, 0.5) is 0 Å². The highest BCUT2D eigenvalue weighted by Crippen LogP contribution is 2.09. The molecule has 0 unspecified atom stereocenters. The second kappa shape index (κ2) is 8.84. The lowest BCUT2D eigenvalue weighted by molar-refractivity contribution is 0.374. The molecule has 7 nitrogen and oxygen atoms in total. The quantitative estimate of drug-likeness (QED) is 0.504. The first-order chi connectivity index (χ1) is 12.8. The molecule has 0 atom stereocenters. The van der Waals surface area contributed by atoms with Crippen LogP contribution in [0.5, 0.6) is 0 Å². The average Bonchev–Trinajstić information content (AvgIpc) is 3.36. The lowest BCUT2D eigenvalue weighted by Gasteiger charge is -2.11. The van der Waals surface area contributed by atoms with E-state index in [4.69, 9.17) is 4.52 Å². The van der Waals surface area contributed by atoms with Gasteiger partial charge in [-0.3, -0.25) is 4.99 Å². The molecular formula is C19H24N6O. The number of rotatable bonds is 7. The summed E-state index contributed by atoms with van der Waals surface area (Å²) in [5, 5.41) is 14.8. The van der Waals surface area contributed by atoms with Crippen LogP contribution in [0.3, 0.4) is 0 Å². The van der Waals surface area contributed by atoms with E-state index in [1.54, 1.807) is 13.2 Å². The summed E-state index contributed by atoms with van der Waals surface area (Å²) in [7, 11) is 1.76. The Morgan fingerprint density at radius 2 is 2.08 bits per heavy atom. The molecule has 3 aromatic rings. The van der Waals surface area contributed by atoms with E-state index in [-0.39, 0.29) is 0 Å². The fraction of sp³-hybridized carbons (Fsp3) is 0.316. The van der Waals surface area contributed by atoms with Gasteiger partial charge in [0.15, 0.2) is 11.7 Å². The Bertz CT molecular complexity index is 820. The molecule has 7 heteroatoms. The van der Waals surface area contributed by atoms with E-state index >= 15 is 0 Å². The number of aromatic nitrogens is 3. The Kier molecular flexibility index (Phi) is 6.03. The summed E-state index contributed by atoms with van der Waals surface area (Å²) in [4.78, 5) is 4.23. The third kappa shape index (κ3) is 4.72. The van der Waals surface area contributed by atoms with Crippen molar-refractivity contribution in [3.05, 3.63) is 65.8 Å². The third-order valence-corrected chi connectivity index (χ3v) is 4.04. The second-order valence-electron chi connectivity index (χ2n) is 5.86. The van der Waals surface area contributed by atoms with Crippen LogP contribution in [0.25, 0.3) is 5.69 Å². The predicted octanol–water partition coefficient (Wildman–Crippen LogP) is 2.33. The molecule has 2 N–H and O–H groups in total. The van der Waals surface area contributed by atoms with Gasteiger partial charge < -0.3 is 15.2 Å². The SMILES string of the molecule is CCc1cc(CNC(=NC)NCCc2ccc(-n3cccn3)cc2)on1. The fourth-order valence-electron chi connectivity index (χ4n) is 2.56. The lowest BCUT2D eigenvalue weighted by Crippen LogP contribution is -2.37. The lowest BCUT2D eigenvalue weighted by atomic mass is 10.1. The van der Waals surface area contributed by atoms with Gasteiger partial charge in [0.25, 0.3) is 0 Å². The second-order valence-corrected chi connectivity index (χ2v) is 5.86. The first-order valence-corrected chi connectivity index (χ1v) is 8.76. The summed E-state index contributed by atoms with van der Waals surface area (Å²) >= 11 is 0. The molecule has 0 bridgehead atoms. The molecule has 0 fully saturated rings. The number of guanidine groups is 1. The molecule has 2 aromatic heterocycles. The van der Waals surface area contributed by atoms with E-state index in [2.05, 4.69) is 57.1 Å². The number of aliphatic imine (C=N–C) groups is 1. The molecule has 0 saturated heterocycles. The van der Waals surface area contributed by atoms with Crippen molar-refractivity contribution in [3.63, 3.8) is 0 Å². The molecule has 0 saturated carbocycles. The van der Waals surface area contributed by atoms with Gasteiger partial charge >= 0.3 is 0 Å². The zero-order chi connectivity index (χ0) is 18.2. The van der Waals surface area contributed by atoms with Crippen molar-refractivity contribution in [2.45, 2.75) is 26.3 Å². The van der Waals surface area contributed by atoms with Crippen LogP contribution >= 0.6 is 0 Å². The molecule has 0 spiro atoms. The smallest absolute Gasteiger partial charge is 0.191 e. The van der Waals surface area contributed by atoms with Crippen molar-refractivity contribution in [2.75, 3.05) is 13.6 Å². The zero-order valence-electron chi connectivity index (χ0n) is 15.1. The first-order valence-electron chi connectivity index (χ1n) is 8.76. The molecular weight excluding hydrogens is 328 g/mol. The summed E-state index contributed by atoms with van der Waals surface area (Å²) in [6.07, 6.45) is 5.49. The van der Waals surface area contributed by atoms with E-state index in [9.17, 15) is 0 Å². The number of hydrogen-bond donors (Lipinski definition) is 2. The molecule has 3 rings (SSSR count). The standard InChI is InChI=1S/C19H24N6O/c1-3-16-13-18(26-24-16)14-22-19(20-2)21-11-9-15-5-7-17(8-6-15)25-12-4-10-23-25/h4-8,10,12-13H,3,9,11,14H2,1-2H3,(H2,20,21,22). The summed E-state index contributed by atoms with van der Waals surface area (Å²) in [5.74, 6) is 1.55. The molecule has 136 valence electrons. The van der Waals surface area contributed by atoms with E-state index < -0.39 is 0 Å². The van der Waals surface area contributed by atoms with Crippen LogP contribution in [-0.4, -0.2) is 34.5 Å². The third-order valence-electron chi connectivity index (χ3n) is 4.04. The van der Waals surface area contributed by atoms with E-state index in [1.807, 2.05) is 23.0 Å². The van der Waals surface area contributed by atoms with Gasteiger partial charge in [0.2, 0.25) is 0 Å². The van der Waals surface area contributed by atoms with Crippen LogP contribution in [-0.2, 0) is 19.4 Å². The number of hydrogen-bond acceptors (Lipinski definition) is 4. The molecule has 2 heterocycles. The van der Waals surface area contributed by atoms with Gasteiger partial charge in [0.1, 0.15) is 0 Å². The Labute approximate surface area is 153 Å². The van der Waals surface area contributed by atoms with E-state index in [1.165, 1.54) is 5.56 Å². The highest BCUT2D eigenvalue weighted by Gasteiger charge is 2.04. The van der Waals surface area contributed by atoms with Crippen molar-refractivity contribution >= 4 is 5.96 Å². The Morgan fingerprint density at radius 1 is 1.23 bits per heavy atom. The van der Waals surface area contributed by atoms with Crippen LogP contribution in [0.2, 0.25) is 0 Å². The molecule has 0 aliphatic rings. The Hall–Kier alpha value is -3.09. The van der Waals surface area contributed by atoms with Crippen molar-refractivity contribution in [3.8, 4) is 5.69 Å². The maximum atomic E-state index is 5.26. The van der Waals surface area contributed by atoms with Gasteiger partial charge in [0, 0.05) is 32.1 Å². The normalized spacial score (nSPS) is 11.5. The van der Waals surface area contributed by atoms with Gasteiger partial charge in [-0.2, -0.15) is 5.10 Å². The van der Waals surface area contributed by atoms with E-state index in [0.717, 1.165) is 42.5 Å². The largest absolute Gasteiger partial charge is 0.359 e. The summed E-state index contributed by atoms with van der Waals surface area (Å²) in [6.45, 7) is 3.40. The van der Waals surface area contributed by atoms with Gasteiger partial charge in [-0.05, 0) is 36.6 Å². The highest BCUT2D eigenvalue weighted by atomic mass is 16.5. The Morgan fingerprint density at radius 3 is 2.73 bits per heavy atom. The summed E-state index contributed by atoms with van der Waals surface area (Å²) in [5.41, 5.74) is 3.28. The monoisotopic (exact) mass is 352 g/mol. The molecule has 1 aromatic carbocycles. The van der Waals surface area contributed by atoms with Crippen LogP contribution in [0.15, 0.2) is 58.3 Å². The predicted molar refractivity (Wildman–Crippen MR) is 101 cm³/mol. The molecule has 26 heavy (non-hydrogen) atoms. The van der Waals surface area contributed by atoms with Gasteiger partial charge in [-0.15, -0.1) is 0 Å². The van der Waals surface area contributed by atoms with E-state index in [0.29, 0.717) is 6.54 Å². The fourth-order valence-corrected chi connectivity index (χ4v) is 2.56. The molecule has 0 radical (unpaired) electrons. The molecule has 0 aliphatic heterocycles. The van der Waals surface area contributed by atoms with Crippen molar-refractivity contribution in [2.24, 2.45) is 4.99 Å². The highest BCUT2D eigenvalue weighted by molar-refractivity contribution is 5.79. The van der Waals surface area contributed by atoms with Gasteiger partial charge in [0.05, 0.1) is 17.9 Å². The topological polar surface area (TPSA) is 80.3 Å². The summed E-state index contributed by atoms with van der Waals surface area (Å²) in [6, 6.07) is 12.3. The molecule has 0 aliphatic carbocycles. The van der Waals surface area contributed by atoms with Crippen molar-refractivity contribution in [1.29, 1.82) is 0 Å².